The Morgan fingerprint density at radius 3 is 2.69 bits per heavy atom. The number of ether oxygens (including phenoxy) is 2. The maximum absolute atomic E-state index is 12.4. The topological polar surface area (TPSA) is 63.7 Å². The number of benzene rings is 2. The van der Waals surface area contributed by atoms with Crippen molar-refractivity contribution >= 4 is 35.0 Å². The van der Waals surface area contributed by atoms with E-state index in [2.05, 4.69) is 21.3 Å². The van der Waals surface area contributed by atoms with Crippen molar-refractivity contribution in [3.8, 4) is 11.5 Å². The smallest absolute Gasteiger partial charge is 0.342 e. The molecule has 1 atom stereocenters. The van der Waals surface area contributed by atoms with E-state index in [1.165, 1.54) is 5.56 Å². The fourth-order valence-electron chi connectivity index (χ4n) is 4.14. The molecule has 4 rings (SSSR count). The predicted octanol–water partition coefficient (Wildman–Crippen LogP) is 6.68. The monoisotopic (exact) mass is 513 g/mol. The predicted molar refractivity (Wildman–Crippen MR) is 140 cm³/mol. The number of hydrogen-bond acceptors (Lipinski definition) is 6. The zero-order chi connectivity index (χ0) is 24.8. The Hall–Kier alpha value is -2.80. The number of carbonyl (C=O) groups is 1. The molecule has 0 spiro atoms. The molecule has 0 aliphatic carbocycles. The molecule has 8 heteroatoms. The van der Waals surface area contributed by atoms with Crippen LogP contribution in [0.4, 0.5) is 5.82 Å². The molecule has 1 fully saturated rings. The Morgan fingerprint density at radius 1 is 1.11 bits per heavy atom. The van der Waals surface area contributed by atoms with Gasteiger partial charge in [-0.2, -0.15) is 0 Å². The number of esters is 1. The van der Waals surface area contributed by atoms with Crippen molar-refractivity contribution in [2.45, 2.75) is 32.9 Å². The number of anilines is 1. The number of likely N-dealkylation sites (tertiary alicyclic amines) is 1. The van der Waals surface area contributed by atoms with E-state index in [0.29, 0.717) is 33.1 Å². The lowest BCUT2D eigenvalue weighted by atomic mass is 10.1. The molecule has 0 amide bonds. The first kappa shape index (κ1) is 25.3. The SMILES string of the molecule is CC(C)OC(=O)c1cccnc1NC[C@H]1CCN(Cc2cccc(Oc3cc(Cl)cc(Cl)c3)c2)C1. The quantitative estimate of drug-likeness (QED) is 0.322. The summed E-state index contributed by atoms with van der Waals surface area (Å²) in [6.07, 6.45) is 2.58. The number of hydrogen-bond donors (Lipinski definition) is 1. The summed E-state index contributed by atoms with van der Waals surface area (Å²) >= 11 is 12.2. The minimum Gasteiger partial charge on any atom is -0.459 e. The Bertz CT molecular complexity index is 1150. The van der Waals surface area contributed by atoms with Gasteiger partial charge in [0, 0.05) is 35.9 Å². The highest BCUT2D eigenvalue weighted by atomic mass is 35.5. The van der Waals surface area contributed by atoms with Crippen molar-refractivity contribution in [2.24, 2.45) is 5.92 Å². The molecule has 1 N–H and O–H groups in total. The fraction of sp³-hybridized carbons (Fsp3) is 0.333. The summed E-state index contributed by atoms with van der Waals surface area (Å²) in [5, 5.41) is 4.43. The van der Waals surface area contributed by atoms with E-state index in [0.717, 1.165) is 38.3 Å². The third kappa shape index (κ3) is 7.34. The summed E-state index contributed by atoms with van der Waals surface area (Å²) in [4.78, 5) is 19.1. The van der Waals surface area contributed by atoms with Crippen LogP contribution in [0.15, 0.2) is 60.8 Å². The standard InChI is InChI=1S/C27H29Cl2N3O3/c1-18(2)34-27(33)25-7-4-9-30-26(25)31-15-20-8-10-32(17-20)16-19-5-3-6-23(11-19)35-24-13-21(28)12-22(29)14-24/h3-7,9,11-14,18,20H,8,10,15-17H2,1-2H3,(H,30,31)/t20-/m1/s1. The Morgan fingerprint density at radius 2 is 1.91 bits per heavy atom. The van der Waals surface area contributed by atoms with Gasteiger partial charge in [-0.05, 0) is 80.8 Å². The number of rotatable bonds is 9. The van der Waals surface area contributed by atoms with Crippen LogP contribution in [-0.4, -0.2) is 41.6 Å². The normalized spacial score (nSPS) is 15.9. The Kier molecular flexibility index (Phi) is 8.50. The van der Waals surface area contributed by atoms with E-state index < -0.39 is 0 Å². The molecule has 2 heterocycles. The highest BCUT2D eigenvalue weighted by molar-refractivity contribution is 6.34. The van der Waals surface area contributed by atoms with Gasteiger partial charge in [-0.15, -0.1) is 0 Å². The fourth-order valence-corrected chi connectivity index (χ4v) is 4.65. The molecule has 35 heavy (non-hydrogen) atoms. The first-order valence-corrected chi connectivity index (χ1v) is 12.5. The molecule has 1 aliphatic heterocycles. The lowest BCUT2D eigenvalue weighted by molar-refractivity contribution is 0.0378. The average molecular weight is 514 g/mol. The summed E-state index contributed by atoms with van der Waals surface area (Å²) < 4.78 is 11.3. The number of carbonyl (C=O) groups excluding carboxylic acids is 1. The number of aromatic nitrogens is 1. The van der Waals surface area contributed by atoms with E-state index >= 15 is 0 Å². The molecular weight excluding hydrogens is 485 g/mol. The first-order valence-electron chi connectivity index (χ1n) is 11.7. The van der Waals surface area contributed by atoms with Crippen LogP contribution in [0.5, 0.6) is 11.5 Å². The number of nitrogens with zero attached hydrogens (tertiary/aromatic N) is 2. The van der Waals surface area contributed by atoms with Crippen molar-refractivity contribution < 1.29 is 14.3 Å². The minimum absolute atomic E-state index is 0.175. The van der Waals surface area contributed by atoms with Crippen LogP contribution in [0.2, 0.25) is 10.0 Å². The van der Waals surface area contributed by atoms with Gasteiger partial charge in [0.15, 0.2) is 0 Å². The van der Waals surface area contributed by atoms with Crippen molar-refractivity contribution in [2.75, 3.05) is 25.0 Å². The van der Waals surface area contributed by atoms with Crippen molar-refractivity contribution in [3.63, 3.8) is 0 Å². The Labute approximate surface area is 216 Å². The van der Waals surface area contributed by atoms with Gasteiger partial charge in [0.05, 0.1) is 6.10 Å². The first-order chi connectivity index (χ1) is 16.9. The largest absolute Gasteiger partial charge is 0.459 e. The lowest BCUT2D eigenvalue weighted by Gasteiger charge is -2.18. The van der Waals surface area contributed by atoms with E-state index in [9.17, 15) is 4.79 Å². The van der Waals surface area contributed by atoms with Gasteiger partial charge < -0.3 is 14.8 Å². The number of halogens is 2. The molecule has 0 radical (unpaired) electrons. The summed E-state index contributed by atoms with van der Waals surface area (Å²) in [7, 11) is 0. The summed E-state index contributed by atoms with van der Waals surface area (Å²) in [5.41, 5.74) is 1.64. The molecule has 2 aromatic carbocycles. The van der Waals surface area contributed by atoms with Crippen LogP contribution in [0.3, 0.4) is 0 Å². The van der Waals surface area contributed by atoms with Gasteiger partial charge >= 0.3 is 5.97 Å². The molecule has 0 bridgehead atoms. The third-order valence-corrected chi connectivity index (χ3v) is 6.11. The summed E-state index contributed by atoms with van der Waals surface area (Å²) in [6.45, 7) is 7.21. The molecule has 1 aliphatic rings. The molecule has 184 valence electrons. The molecule has 1 saturated heterocycles. The second-order valence-corrected chi connectivity index (χ2v) is 9.85. The summed E-state index contributed by atoms with van der Waals surface area (Å²) in [5.74, 6) is 2.03. The van der Waals surface area contributed by atoms with Crippen molar-refractivity contribution in [3.05, 3.63) is 82.0 Å². The van der Waals surface area contributed by atoms with Crippen LogP contribution < -0.4 is 10.1 Å². The summed E-state index contributed by atoms with van der Waals surface area (Å²) in [6, 6.07) is 16.7. The van der Waals surface area contributed by atoms with Gasteiger partial charge in [0.25, 0.3) is 0 Å². The van der Waals surface area contributed by atoms with Crippen LogP contribution >= 0.6 is 23.2 Å². The van der Waals surface area contributed by atoms with Crippen molar-refractivity contribution in [1.29, 1.82) is 0 Å². The highest BCUT2D eigenvalue weighted by Crippen LogP contribution is 2.29. The van der Waals surface area contributed by atoms with Gasteiger partial charge in [-0.1, -0.05) is 35.3 Å². The maximum Gasteiger partial charge on any atom is 0.342 e. The van der Waals surface area contributed by atoms with Crippen LogP contribution in [0.25, 0.3) is 0 Å². The van der Waals surface area contributed by atoms with Crippen molar-refractivity contribution in [1.82, 2.24) is 9.88 Å². The van der Waals surface area contributed by atoms with E-state index in [4.69, 9.17) is 32.7 Å². The second-order valence-electron chi connectivity index (χ2n) is 8.98. The molecule has 3 aromatic rings. The maximum atomic E-state index is 12.4. The lowest BCUT2D eigenvalue weighted by Crippen LogP contribution is -2.23. The van der Waals surface area contributed by atoms with Gasteiger partial charge in [0.2, 0.25) is 0 Å². The van der Waals surface area contributed by atoms with Crippen LogP contribution in [-0.2, 0) is 11.3 Å². The van der Waals surface area contributed by atoms with Crippen LogP contribution in [0.1, 0.15) is 36.2 Å². The van der Waals surface area contributed by atoms with E-state index in [1.54, 1.807) is 36.5 Å². The van der Waals surface area contributed by atoms with Gasteiger partial charge in [0.1, 0.15) is 22.9 Å². The van der Waals surface area contributed by atoms with Crippen LogP contribution in [0, 0.1) is 5.92 Å². The highest BCUT2D eigenvalue weighted by Gasteiger charge is 2.23. The van der Waals surface area contributed by atoms with Gasteiger partial charge in [-0.3, -0.25) is 4.90 Å². The van der Waals surface area contributed by atoms with E-state index in [1.807, 2.05) is 32.0 Å². The number of nitrogens with one attached hydrogen (secondary N) is 1. The second kappa shape index (κ2) is 11.8. The number of pyridine rings is 1. The van der Waals surface area contributed by atoms with Gasteiger partial charge in [-0.25, -0.2) is 9.78 Å². The average Bonchev–Trinajstić information content (AvgIpc) is 3.24. The molecule has 0 unspecified atom stereocenters. The minimum atomic E-state index is -0.356. The Balaban J connectivity index is 1.31. The van der Waals surface area contributed by atoms with E-state index in [-0.39, 0.29) is 12.1 Å². The molecular formula is C27H29Cl2N3O3. The molecule has 6 nitrogen and oxygen atoms in total. The molecule has 0 saturated carbocycles. The molecule has 1 aromatic heterocycles. The zero-order valence-electron chi connectivity index (χ0n) is 19.8. The third-order valence-electron chi connectivity index (χ3n) is 5.67. The zero-order valence-corrected chi connectivity index (χ0v) is 21.4.